The Kier molecular flexibility index (Phi) is 6.68. The zero-order valence-electron chi connectivity index (χ0n) is 16.5. The lowest BCUT2D eigenvalue weighted by molar-refractivity contribution is -0.143. The number of carboxylic acid groups (broad SMARTS) is 1. The summed E-state index contributed by atoms with van der Waals surface area (Å²) in [6.07, 6.45) is -0.973. The Morgan fingerprint density at radius 2 is 1.84 bits per heavy atom. The van der Waals surface area contributed by atoms with Crippen LogP contribution in [0.2, 0.25) is 0 Å². The Bertz CT molecular complexity index is 962. The van der Waals surface area contributed by atoms with Crippen molar-refractivity contribution >= 4 is 18.0 Å². The molecule has 0 spiro atoms. The summed E-state index contributed by atoms with van der Waals surface area (Å²) >= 11 is 0. The second-order valence-corrected chi connectivity index (χ2v) is 6.91. The van der Waals surface area contributed by atoms with Crippen molar-refractivity contribution in [2.75, 3.05) is 20.2 Å². The number of carbonyl (C=O) groups excluding carboxylic acids is 2. The molecule has 2 aromatic carbocycles. The minimum absolute atomic E-state index is 0.0581. The second kappa shape index (κ2) is 9.41. The van der Waals surface area contributed by atoms with Gasteiger partial charge in [0.05, 0.1) is 7.11 Å². The highest BCUT2D eigenvalue weighted by atomic mass is 19.1. The summed E-state index contributed by atoms with van der Waals surface area (Å²) in [7, 11) is 1.24. The first kappa shape index (κ1) is 22.0. The Hall–Kier alpha value is -3.69. The summed E-state index contributed by atoms with van der Waals surface area (Å²) in [6.45, 7) is -1.05. The van der Waals surface area contributed by atoms with E-state index in [1.165, 1.54) is 7.11 Å². The van der Waals surface area contributed by atoms with Crippen LogP contribution in [0.15, 0.2) is 42.5 Å². The number of amides is 2. The number of ether oxygens (including phenoxy) is 2. The maximum atomic E-state index is 14.6. The molecule has 1 heterocycles. The number of alkyl carbamates (subject to hydrolysis) is 1. The van der Waals surface area contributed by atoms with E-state index >= 15 is 0 Å². The number of rotatable bonds is 7. The molecule has 0 aromatic heterocycles. The van der Waals surface area contributed by atoms with Gasteiger partial charge in [0.15, 0.2) is 0 Å². The highest BCUT2D eigenvalue weighted by Crippen LogP contribution is 2.34. The van der Waals surface area contributed by atoms with Crippen molar-refractivity contribution in [2.45, 2.75) is 18.6 Å². The molecule has 8 nitrogen and oxygen atoms in total. The van der Waals surface area contributed by atoms with E-state index in [4.69, 9.17) is 14.6 Å². The van der Waals surface area contributed by atoms with E-state index in [2.05, 4.69) is 5.32 Å². The van der Waals surface area contributed by atoms with E-state index in [0.717, 1.165) is 17.0 Å². The van der Waals surface area contributed by atoms with Gasteiger partial charge in [-0.3, -0.25) is 9.59 Å². The molecule has 0 unspecified atom stereocenters. The number of likely N-dealkylation sites (tertiary alicyclic amines) is 1. The van der Waals surface area contributed by atoms with Gasteiger partial charge in [-0.15, -0.1) is 0 Å². The maximum Gasteiger partial charge on any atom is 0.408 e. The molecular formula is C21H20F2N2O6. The molecule has 1 aliphatic heterocycles. The van der Waals surface area contributed by atoms with Crippen LogP contribution in [0.1, 0.15) is 17.0 Å². The Morgan fingerprint density at radius 1 is 1.19 bits per heavy atom. The van der Waals surface area contributed by atoms with Crippen LogP contribution >= 0.6 is 0 Å². The molecule has 2 aromatic rings. The molecule has 2 amide bonds. The number of nitrogens with zero attached hydrogens (tertiary/aromatic N) is 1. The fraction of sp³-hybridized carbons (Fsp3) is 0.286. The maximum absolute atomic E-state index is 14.6. The molecule has 2 N–H and O–H groups in total. The summed E-state index contributed by atoms with van der Waals surface area (Å²) in [5.74, 6) is -5.25. The Morgan fingerprint density at radius 3 is 2.42 bits per heavy atom. The number of carbonyl (C=O) groups is 3. The van der Waals surface area contributed by atoms with Crippen LogP contribution in [0.3, 0.4) is 0 Å². The number of nitrogens with one attached hydrogen (secondary N) is 1. The monoisotopic (exact) mass is 434 g/mol. The van der Waals surface area contributed by atoms with Gasteiger partial charge in [0.2, 0.25) is 5.91 Å². The van der Waals surface area contributed by atoms with Gasteiger partial charge in [-0.2, -0.15) is 0 Å². The quantitative estimate of drug-likeness (QED) is 0.693. The lowest BCUT2D eigenvalue weighted by atomic mass is 9.93. The zero-order valence-corrected chi connectivity index (χ0v) is 16.5. The van der Waals surface area contributed by atoms with Gasteiger partial charge in [0, 0.05) is 30.2 Å². The van der Waals surface area contributed by atoms with E-state index < -0.39 is 53.7 Å². The normalized spacial score (nSPS) is 18.0. The number of halogens is 2. The molecule has 1 saturated heterocycles. The molecule has 31 heavy (non-hydrogen) atoms. The molecule has 0 aliphatic carbocycles. The number of carboxylic acids is 1. The zero-order chi connectivity index (χ0) is 22.5. The van der Waals surface area contributed by atoms with Gasteiger partial charge < -0.3 is 24.8 Å². The third-order valence-electron chi connectivity index (χ3n) is 4.87. The summed E-state index contributed by atoms with van der Waals surface area (Å²) in [4.78, 5) is 37.0. The number of aliphatic carboxylic acids is 1. The molecule has 10 heteroatoms. The summed E-state index contributed by atoms with van der Waals surface area (Å²) in [5.41, 5.74) is 0.252. The van der Waals surface area contributed by atoms with Crippen LogP contribution in [-0.4, -0.2) is 54.2 Å². The van der Waals surface area contributed by atoms with Crippen LogP contribution < -0.4 is 10.1 Å². The highest BCUT2D eigenvalue weighted by molar-refractivity contribution is 5.91. The first-order chi connectivity index (χ1) is 14.8. The van der Waals surface area contributed by atoms with E-state index in [-0.39, 0.29) is 18.9 Å². The minimum atomic E-state index is -1.40. The van der Waals surface area contributed by atoms with Crippen molar-refractivity contribution in [3.05, 3.63) is 65.2 Å². The lowest BCUT2D eigenvalue weighted by Gasteiger charge is -2.20. The van der Waals surface area contributed by atoms with E-state index in [1.54, 1.807) is 30.3 Å². The van der Waals surface area contributed by atoms with Gasteiger partial charge in [-0.1, -0.05) is 30.3 Å². The van der Waals surface area contributed by atoms with Gasteiger partial charge in [-0.25, -0.2) is 13.6 Å². The SMILES string of the molecule is COc1cc(F)c([C@@H]2CN(CC(=O)O)C(=O)[C@H]2NC(=O)OCc2ccccc2)c(F)c1. The minimum Gasteiger partial charge on any atom is -0.497 e. The van der Waals surface area contributed by atoms with Crippen LogP contribution in [-0.2, 0) is 20.9 Å². The van der Waals surface area contributed by atoms with Crippen molar-refractivity contribution in [2.24, 2.45) is 0 Å². The topological polar surface area (TPSA) is 105 Å². The fourth-order valence-corrected chi connectivity index (χ4v) is 3.45. The highest BCUT2D eigenvalue weighted by Gasteiger charge is 2.45. The average molecular weight is 434 g/mol. The predicted octanol–water partition coefficient (Wildman–Crippen LogP) is 2.28. The van der Waals surface area contributed by atoms with Gasteiger partial charge >= 0.3 is 12.1 Å². The second-order valence-electron chi connectivity index (χ2n) is 6.91. The van der Waals surface area contributed by atoms with Crippen molar-refractivity contribution in [3.8, 4) is 5.75 Å². The number of methoxy groups -OCH3 is 1. The van der Waals surface area contributed by atoms with Crippen LogP contribution in [0.5, 0.6) is 5.75 Å². The van der Waals surface area contributed by atoms with E-state index in [1.807, 2.05) is 0 Å². The van der Waals surface area contributed by atoms with Crippen LogP contribution in [0.25, 0.3) is 0 Å². The average Bonchev–Trinajstić information content (AvgIpc) is 3.01. The van der Waals surface area contributed by atoms with Gasteiger partial charge in [-0.05, 0) is 5.56 Å². The van der Waals surface area contributed by atoms with E-state index in [9.17, 15) is 23.2 Å². The smallest absolute Gasteiger partial charge is 0.408 e. The van der Waals surface area contributed by atoms with Crippen molar-refractivity contribution in [3.63, 3.8) is 0 Å². The standard InChI is InChI=1S/C21H20F2N2O6/c1-30-13-7-15(22)18(16(23)8-13)14-9-25(10-17(26)27)20(28)19(14)24-21(29)31-11-12-5-3-2-4-6-12/h2-8,14,19H,9-11H2,1H3,(H,24,29)(H,26,27)/t14-,19-/m0/s1. The third kappa shape index (κ3) is 5.08. The molecule has 0 radical (unpaired) electrons. The van der Waals surface area contributed by atoms with Crippen molar-refractivity contribution in [1.29, 1.82) is 0 Å². The molecule has 0 bridgehead atoms. The van der Waals surface area contributed by atoms with Crippen LogP contribution in [0.4, 0.5) is 13.6 Å². The Balaban J connectivity index is 1.83. The van der Waals surface area contributed by atoms with Crippen molar-refractivity contribution < 1.29 is 37.7 Å². The molecule has 164 valence electrons. The third-order valence-corrected chi connectivity index (χ3v) is 4.87. The van der Waals surface area contributed by atoms with Crippen LogP contribution in [0, 0.1) is 11.6 Å². The molecule has 2 atom stereocenters. The molecule has 0 saturated carbocycles. The predicted molar refractivity (Wildman–Crippen MR) is 103 cm³/mol. The summed E-state index contributed by atoms with van der Waals surface area (Å²) < 4.78 is 39.2. The molecule has 1 aliphatic rings. The molecular weight excluding hydrogens is 414 g/mol. The Labute approximate surface area is 176 Å². The van der Waals surface area contributed by atoms with Crippen molar-refractivity contribution in [1.82, 2.24) is 10.2 Å². The first-order valence-electron chi connectivity index (χ1n) is 9.31. The van der Waals surface area contributed by atoms with E-state index in [0.29, 0.717) is 5.56 Å². The summed E-state index contributed by atoms with van der Waals surface area (Å²) in [6, 6.07) is 9.26. The fourth-order valence-electron chi connectivity index (χ4n) is 3.45. The lowest BCUT2D eigenvalue weighted by Crippen LogP contribution is -2.44. The number of hydrogen-bond donors (Lipinski definition) is 2. The van der Waals surface area contributed by atoms with Gasteiger partial charge in [0.25, 0.3) is 0 Å². The number of hydrogen-bond acceptors (Lipinski definition) is 5. The molecule has 3 rings (SSSR count). The number of benzene rings is 2. The summed E-state index contributed by atoms with van der Waals surface area (Å²) in [5, 5.41) is 11.4. The molecule has 1 fully saturated rings. The van der Waals surface area contributed by atoms with Gasteiger partial charge in [0.1, 0.15) is 36.6 Å². The first-order valence-corrected chi connectivity index (χ1v) is 9.31. The largest absolute Gasteiger partial charge is 0.497 e.